The van der Waals surface area contributed by atoms with Gasteiger partial charge in [-0.3, -0.25) is 4.79 Å². The van der Waals surface area contributed by atoms with Crippen LogP contribution in [0.1, 0.15) is 5.56 Å². The molecule has 1 N–H and O–H groups in total. The molecule has 0 spiro atoms. The average Bonchev–Trinajstić information content (AvgIpc) is 3.10. The first kappa shape index (κ1) is 18.2. The number of amides is 1. The summed E-state index contributed by atoms with van der Waals surface area (Å²) in [6.45, 7) is 0.000915. The van der Waals surface area contributed by atoms with Crippen LogP contribution in [0.5, 0.6) is 17.2 Å². The second-order valence-electron chi connectivity index (χ2n) is 5.45. The summed E-state index contributed by atoms with van der Waals surface area (Å²) < 4.78 is 17.4. The van der Waals surface area contributed by atoms with Gasteiger partial charge in [0.15, 0.2) is 11.5 Å². The Bertz CT molecular complexity index is 983. The van der Waals surface area contributed by atoms with E-state index < -0.39 is 0 Å². The molecular formula is C18H19N5O4. The van der Waals surface area contributed by atoms with Crippen molar-refractivity contribution >= 4 is 23.2 Å². The molecule has 0 radical (unpaired) electrons. The maximum atomic E-state index is 12.1. The molecule has 2 aromatic carbocycles. The molecule has 0 fully saturated rings. The van der Waals surface area contributed by atoms with Crippen molar-refractivity contribution < 1.29 is 19.0 Å². The zero-order valence-electron chi connectivity index (χ0n) is 15.2. The molecule has 0 bridgehead atoms. The first-order chi connectivity index (χ1) is 13.2. The molecule has 9 heteroatoms. The maximum absolute atomic E-state index is 12.1. The number of carbonyl (C=O) groups is 1. The van der Waals surface area contributed by atoms with Gasteiger partial charge in [0.1, 0.15) is 12.1 Å². The highest BCUT2D eigenvalue weighted by molar-refractivity contribution is 5.87. The number of rotatable bonds is 7. The number of hydrogen-bond donors (Lipinski definition) is 1. The molecule has 0 unspecified atom stereocenters. The lowest BCUT2D eigenvalue weighted by Crippen LogP contribution is -2.23. The molecule has 0 aliphatic heterocycles. The average molecular weight is 369 g/mol. The molecule has 9 nitrogen and oxygen atoms in total. The smallest absolute Gasteiger partial charge is 0.261 e. The lowest BCUT2D eigenvalue weighted by molar-refractivity contribution is -0.121. The van der Waals surface area contributed by atoms with Crippen molar-refractivity contribution in [1.29, 1.82) is 0 Å². The molecule has 1 heterocycles. The van der Waals surface area contributed by atoms with Crippen LogP contribution in [-0.4, -0.2) is 48.4 Å². The van der Waals surface area contributed by atoms with Crippen molar-refractivity contribution in [1.82, 2.24) is 20.4 Å². The number of nitrogens with one attached hydrogen (secondary N) is 1. The molecular weight excluding hydrogens is 350 g/mol. The monoisotopic (exact) mass is 369 g/mol. The minimum Gasteiger partial charge on any atom is -0.493 e. The summed E-state index contributed by atoms with van der Waals surface area (Å²) in [5.74, 6) is 1.11. The Morgan fingerprint density at radius 2 is 1.89 bits per heavy atom. The summed E-state index contributed by atoms with van der Waals surface area (Å²) in [6.07, 6.45) is 1.47. The molecule has 0 saturated heterocycles. The van der Waals surface area contributed by atoms with Crippen LogP contribution in [0.4, 0.5) is 0 Å². The van der Waals surface area contributed by atoms with E-state index in [2.05, 4.69) is 20.8 Å². The summed E-state index contributed by atoms with van der Waals surface area (Å²) in [7, 11) is 4.58. The Morgan fingerprint density at radius 1 is 1.11 bits per heavy atom. The van der Waals surface area contributed by atoms with E-state index in [0.29, 0.717) is 22.8 Å². The highest BCUT2D eigenvalue weighted by Gasteiger charge is 2.14. The minimum atomic E-state index is -0.332. The Morgan fingerprint density at radius 3 is 2.63 bits per heavy atom. The van der Waals surface area contributed by atoms with Gasteiger partial charge in [-0.2, -0.15) is 5.10 Å². The van der Waals surface area contributed by atoms with Gasteiger partial charge < -0.3 is 14.2 Å². The molecule has 0 atom stereocenters. The van der Waals surface area contributed by atoms with Crippen LogP contribution >= 0.6 is 0 Å². The predicted octanol–water partition coefficient (Wildman–Crippen LogP) is 1.61. The van der Waals surface area contributed by atoms with Crippen LogP contribution in [0, 0.1) is 0 Å². The van der Waals surface area contributed by atoms with E-state index in [9.17, 15) is 4.79 Å². The molecule has 1 amide bonds. The lowest BCUT2D eigenvalue weighted by Gasteiger charge is -2.13. The summed E-state index contributed by atoms with van der Waals surface area (Å²) in [6, 6.07) is 10.9. The Balaban J connectivity index is 1.71. The van der Waals surface area contributed by atoms with Crippen molar-refractivity contribution in [2.75, 3.05) is 21.3 Å². The van der Waals surface area contributed by atoms with Gasteiger partial charge in [-0.25, -0.2) is 10.1 Å². The molecule has 3 rings (SSSR count). The van der Waals surface area contributed by atoms with E-state index in [4.69, 9.17) is 14.2 Å². The van der Waals surface area contributed by atoms with Gasteiger partial charge >= 0.3 is 0 Å². The first-order valence-corrected chi connectivity index (χ1v) is 8.07. The number of nitrogens with zero attached hydrogens (tertiary/aromatic N) is 4. The van der Waals surface area contributed by atoms with Crippen LogP contribution in [0.15, 0.2) is 41.5 Å². The van der Waals surface area contributed by atoms with Crippen LogP contribution in [0.2, 0.25) is 0 Å². The molecule has 0 saturated carbocycles. The highest BCUT2D eigenvalue weighted by Crippen LogP contribution is 2.38. The van der Waals surface area contributed by atoms with Crippen LogP contribution < -0.4 is 19.6 Å². The van der Waals surface area contributed by atoms with Crippen LogP contribution in [-0.2, 0) is 11.3 Å². The van der Waals surface area contributed by atoms with E-state index in [1.54, 1.807) is 19.2 Å². The number of fused-ring (bicyclic) bond motifs is 1. The summed E-state index contributed by atoms with van der Waals surface area (Å²) >= 11 is 0. The van der Waals surface area contributed by atoms with E-state index in [-0.39, 0.29) is 12.5 Å². The minimum absolute atomic E-state index is 0.000915. The third kappa shape index (κ3) is 3.81. The fraction of sp³-hybridized carbons (Fsp3) is 0.222. The molecule has 1 aromatic heterocycles. The third-order valence-electron chi connectivity index (χ3n) is 3.84. The topological polar surface area (TPSA) is 99.9 Å². The molecule has 3 aromatic rings. The number of aromatic nitrogens is 3. The normalized spacial score (nSPS) is 10.9. The van der Waals surface area contributed by atoms with E-state index in [0.717, 1.165) is 11.0 Å². The fourth-order valence-corrected chi connectivity index (χ4v) is 2.61. The van der Waals surface area contributed by atoms with Gasteiger partial charge in [0.2, 0.25) is 5.75 Å². The van der Waals surface area contributed by atoms with Crippen LogP contribution in [0.25, 0.3) is 11.0 Å². The molecule has 0 aliphatic carbocycles. The largest absolute Gasteiger partial charge is 0.493 e. The zero-order valence-corrected chi connectivity index (χ0v) is 15.2. The number of benzene rings is 2. The van der Waals surface area contributed by atoms with E-state index >= 15 is 0 Å². The third-order valence-corrected chi connectivity index (χ3v) is 3.84. The van der Waals surface area contributed by atoms with Gasteiger partial charge in [-0.15, -0.1) is 5.10 Å². The van der Waals surface area contributed by atoms with Gasteiger partial charge in [-0.05, 0) is 24.3 Å². The number of carbonyl (C=O) groups excluding carboxylic acids is 1. The molecule has 140 valence electrons. The highest BCUT2D eigenvalue weighted by atomic mass is 16.5. The number of methoxy groups -OCH3 is 3. The standard InChI is InChI=1S/C18H19N5O4/c1-25-15-9-8-12(17(26-2)18(15)27-3)10-19-21-16(24)11-23-14-7-5-4-6-13(14)20-22-23/h4-10H,11H2,1-3H3,(H,21,24)/b19-10-. The maximum Gasteiger partial charge on any atom is 0.261 e. The summed E-state index contributed by atoms with van der Waals surface area (Å²) in [4.78, 5) is 12.1. The van der Waals surface area contributed by atoms with Gasteiger partial charge in [0.25, 0.3) is 5.91 Å². The Hall–Kier alpha value is -3.62. The number of hydrazone groups is 1. The Labute approximate surface area is 155 Å². The summed E-state index contributed by atoms with van der Waals surface area (Å²) in [5.41, 5.74) is 4.59. The van der Waals surface area contributed by atoms with Crippen molar-refractivity contribution in [2.45, 2.75) is 6.54 Å². The molecule has 0 aliphatic rings. The van der Waals surface area contributed by atoms with E-state index in [1.165, 1.54) is 25.1 Å². The summed E-state index contributed by atoms with van der Waals surface area (Å²) in [5, 5.41) is 12.0. The van der Waals surface area contributed by atoms with Gasteiger partial charge in [-0.1, -0.05) is 17.3 Å². The Kier molecular flexibility index (Phi) is 5.50. The molecule has 27 heavy (non-hydrogen) atoms. The lowest BCUT2D eigenvalue weighted by atomic mass is 10.2. The quantitative estimate of drug-likeness (QED) is 0.502. The second kappa shape index (κ2) is 8.17. The van der Waals surface area contributed by atoms with E-state index in [1.807, 2.05) is 24.3 Å². The number of para-hydroxylation sites is 1. The van der Waals surface area contributed by atoms with Crippen LogP contribution in [0.3, 0.4) is 0 Å². The van der Waals surface area contributed by atoms with Gasteiger partial charge in [0.05, 0.1) is 33.1 Å². The van der Waals surface area contributed by atoms with Gasteiger partial charge in [0, 0.05) is 5.56 Å². The van der Waals surface area contributed by atoms with Crippen molar-refractivity contribution in [3.05, 3.63) is 42.0 Å². The first-order valence-electron chi connectivity index (χ1n) is 8.07. The SMILES string of the molecule is COc1ccc(/C=N\NC(=O)Cn2nnc3ccccc32)c(OC)c1OC. The van der Waals surface area contributed by atoms with Crippen molar-refractivity contribution in [3.8, 4) is 17.2 Å². The van der Waals surface area contributed by atoms with Crippen molar-refractivity contribution in [3.63, 3.8) is 0 Å². The number of hydrogen-bond acceptors (Lipinski definition) is 7. The van der Waals surface area contributed by atoms with Crippen molar-refractivity contribution in [2.24, 2.45) is 5.10 Å². The zero-order chi connectivity index (χ0) is 19.2. The predicted molar refractivity (Wildman–Crippen MR) is 99.4 cm³/mol. The number of ether oxygens (including phenoxy) is 3. The second-order valence-corrected chi connectivity index (χ2v) is 5.45. The fourth-order valence-electron chi connectivity index (χ4n) is 2.61.